The van der Waals surface area contributed by atoms with Crippen molar-refractivity contribution in [3.05, 3.63) is 45.9 Å². The van der Waals surface area contributed by atoms with Gasteiger partial charge in [-0.1, -0.05) is 30.1 Å². The maximum absolute atomic E-state index is 6.53. The van der Waals surface area contributed by atoms with Gasteiger partial charge in [-0.25, -0.2) is 0 Å². The van der Waals surface area contributed by atoms with Gasteiger partial charge in [0.1, 0.15) is 0 Å². The zero-order valence-corrected chi connectivity index (χ0v) is 18.5. The molecule has 0 amide bonds. The van der Waals surface area contributed by atoms with Gasteiger partial charge in [-0.2, -0.15) is 0 Å². The Kier molecular flexibility index (Phi) is 8.16. The van der Waals surface area contributed by atoms with Gasteiger partial charge >= 0.3 is 0 Å². The van der Waals surface area contributed by atoms with Gasteiger partial charge in [0.05, 0.1) is 37.1 Å². The molecule has 5 nitrogen and oxygen atoms in total. The molecule has 3 rings (SSSR count). The first-order valence-electron chi connectivity index (χ1n) is 10.1. The third kappa shape index (κ3) is 5.84. The Morgan fingerprint density at radius 3 is 2.45 bits per heavy atom. The number of hydrogen-bond donors (Lipinski definition) is 1. The molecule has 0 aromatic heterocycles. The van der Waals surface area contributed by atoms with Gasteiger partial charge in [-0.3, -0.25) is 0 Å². The van der Waals surface area contributed by atoms with Crippen LogP contribution in [0.25, 0.3) is 0 Å². The summed E-state index contributed by atoms with van der Waals surface area (Å²) in [7, 11) is 0. The van der Waals surface area contributed by atoms with Crippen molar-refractivity contribution in [2.24, 2.45) is 0 Å². The summed E-state index contributed by atoms with van der Waals surface area (Å²) in [4.78, 5) is 2.25. The predicted molar refractivity (Wildman–Crippen MR) is 120 cm³/mol. The van der Waals surface area contributed by atoms with E-state index in [0.29, 0.717) is 36.3 Å². The van der Waals surface area contributed by atoms with E-state index in [-0.39, 0.29) is 0 Å². The first-order chi connectivity index (χ1) is 14.1. The van der Waals surface area contributed by atoms with Gasteiger partial charge in [0, 0.05) is 36.4 Å². The number of anilines is 2. The molecule has 0 spiro atoms. The minimum absolute atomic E-state index is 0.556. The van der Waals surface area contributed by atoms with Gasteiger partial charge in [-0.05, 0) is 43.2 Å². The van der Waals surface area contributed by atoms with E-state index >= 15 is 0 Å². The van der Waals surface area contributed by atoms with Crippen LogP contribution in [0, 0.1) is 0 Å². The minimum Gasteiger partial charge on any atom is -0.490 e. The van der Waals surface area contributed by atoms with Gasteiger partial charge in [0.2, 0.25) is 0 Å². The molecule has 1 N–H and O–H groups in total. The molecule has 2 aromatic carbocycles. The monoisotopic (exact) mass is 438 g/mol. The molecule has 158 valence electrons. The third-order valence-electron chi connectivity index (χ3n) is 4.66. The Bertz CT molecular complexity index is 811. The molecule has 29 heavy (non-hydrogen) atoms. The van der Waals surface area contributed by atoms with E-state index in [1.165, 1.54) is 0 Å². The Balaban J connectivity index is 1.70. The number of morpholine rings is 1. The predicted octanol–water partition coefficient (Wildman–Crippen LogP) is 5.63. The summed E-state index contributed by atoms with van der Waals surface area (Å²) in [5.74, 6) is 1.39. The van der Waals surface area contributed by atoms with E-state index in [1.54, 1.807) is 0 Å². The maximum atomic E-state index is 6.53. The number of halogens is 2. The van der Waals surface area contributed by atoms with E-state index < -0.39 is 0 Å². The smallest absolute Gasteiger partial charge is 0.162 e. The summed E-state index contributed by atoms with van der Waals surface area (Å²) in [6.45, 7) is 8.94. The number of nitrogens with one attached hydrogen (secondary N) is 1. The molecule has 0 bridgehead atoms. The van der Waals surface area contributed by atoms with Crippen LogP contribution in [0.4, 0.5) is 11.4 Å². The molecule has 2 aromatic rings. The Hall–Kier alpha value is -1.82. The molecule has 0 atom stereocenters. The van der Waals surface area contributed by atoms with E-state index in [1.807, 2.05) is 37.3 Å². The molecule has 1 saturated heterocycles. The van der Waals surface area contributed by atoms with Crippen molar-refractivity contribution in [2.75, 3.05) is 49.7 Å². The third-order valence-corrected chi connectivity index (χ3v) is 5.31. The minimum atomic E-state index is 0.556. The SMILES string of the molecule is CCCOc1cc(Cl)c(CNc2ccc(N3CCOCC3)c(Cl)c2)cc1OCC. The number of benzene rings is 2. The maximum Gasteiger partial charge on any atom is 0.162 e. The molecule has 0 radical (unpaired) electrons. The summed E-state index contributed by atoms with van der Waals surface area (Å²) >= 11 is 13.0. The average molecular weight is 439 g/mol. The zero-order chi connectivity index (χ0) is 20.6. The van der Waals surface area contributed by atoms with Gasteiger partial charge in [0.25, 0.3) is 0 Å². The Morgan fingerprint density at radius 1 is 1.00 bits per heavy atom. The number of rotatable bonds is 9. The molecular weight excluding hydrogens is 411 g/mol. The molecule has 0 saturated carbocycles. The number of hydrogen-bond acceptors (Lipinski definition) is 5. The lowest BCUT2D eigenvalue weighted by Crippen LogP contribution is -2.36. The largest absolute Gasteiger partial charge is 0.490 e. The summed E-state index contributed by atoms with van der Waals surface area (Å²) in [6, 6.07) is 9.79. The van der Waals surface area contributed by atoms with Crippen LogP contribution in [-0.2, 0) is 11.3 Å². The van der Waals surface area contributed by atoms with Crippen LogP contribution >= 0.6 is 23.2 Å². The van der Waals surface area contributed by atoms with Crippen LogP contribution in [0.15, 0.2) is 30.3 Å². The molecule has 1 aliphatic heterocycles. The lowest BCUT2D eigenvalue weighted by molar-refractivity contribution is 0.122. The molecular formula is C22H28Cl2N2O3. The second-order valence-electron chi connectivity index (χ2n) is 6.79. The summed E-state index contributed by atoms with van der Waals surface area (Å²) in [5, 5.41) is 4.76. The molecule has 7 heteroatoms. The van der Waals surface area contributed by atoms with Gasteiger partial charge in [-0.15, -0.1) is 0 Å². The Morgan fingerprint density at radius 2 is 1.76 bits per heavy atom. The van der Waals surface area contributed by atoms with Crippen molar-refractivity contribution in [1.82, 2.24) is 0 Å². The fourth-order valence-electron chi connectivity index (χ4n) is 3.18. The van der Waals surface area contributed by atoms with Crippen LogP contribution in [0.2, 0.25) is 10.0 Å². The highest BCUT2D eigenvalue weighted by Crippen LogP contribution is 2.35. The number of ether oxygens (including phenoxy) is 3. The summed E-state index contributed by atoms with van der Waals surface area (Å²) in [5.41, 5.74) is 2.91. The second kappa shape index (κ2) is 10.8. The van der Waals surface area contributed by atoms with Crippen molar-refractivity contribution in [3.63, 3.8) is 0 Å². The van der Waals surface area contributed by atoms with Crippen molar-refractivity contribution in [2.45, 2.75) is 26.8 Å². The highest BCUT2D eigenvalue weighted by atomic mass is 35.5. The fourth-order valence-corrected chi connectivity index (χ4v) is 3.70. The first-order valence-corrected chi connectivity index (χ1v) is 10.8. The van der Waals surface area contributed by atoms with Crippen LogP contribution in [0.5, 0.6) is 11.5 Å². The van der Waals surface area contributed by atoms with E-state index in [9.17, 15) is 0 Å². The van der Waals surface area contributed by atoms with Gasteiger partial charge in [0.15, 0.2) is 11.5 Å². The second-order valence-corrected chi connectivity index (χ2v) is 7.61. The van der Waals surface area contributed by atoms with Gasteiger partial charge < -0.3 is 24.4 Å². The lowest BCUT2D eigenvalue weighted by atomic mass is 10.2. The molecule has 0 aliphatic carbocycles. The molecule has 1 aliphatic rings. The first kappa shape index (κ1) is 21.9. The standard InChI is InChI=1S/C22H28Cl2N2O3/c1-3-9-29-22-14-18(23)16(12-21(22)28-4-2)15-25-17-5-6-20(19(24)13-17)26-7-10-27-11-8-26/h5-6,12-14,25H,3-4,7-11,15H2,1-2H3. The van der Waals surface area contributed by atoms with Crippen molar-refractivity contribution < 1.29 is 14.2 Å². The fraction of sp³-hybridized carbons (Fsp3) is 0.455. The van der Waals surface area contributed by atoms with E-state index in [4.69, 9.17) is 37.4 Å². The highest BCUT2D eigenvalue weighted by Gasteiger charge is 2.15. The normalized spacial score (nSPS) is 14.0. The average Bonchev–Trinajstić information content (AvgIpc) is 2.73. The van der Waals surface area contributed by atoms with Crippen LogP contribution < -0.4 is 19.7 Å². The lowest BCUT2D eigenvalue weighted by Gasteiger charge is -2.29. The Labute approximate surface area is 182 Å². The van der Waals surface area contributed by atoms with Crippen molar-refractivity contribution >= 4 is 34.6 Å². The highest BCUT2D eigenvalue weighted by molar-refractivity contribution is 6.33. The van der Waals surface area contributed by atoms with Crippen molar-refractivity contribution in [1.29, 1.82) is 0 Å². The summed E-state index contributed by atoms with van der Waals surface area (Å²) < 4.78 is 16.9. The molecule has 1 heterocycles. The van der Waals surface area contributed by atoms with Crippen molar-refractivity contribution in [3.8, 4) is 11.5 Å². The zero-order valence-electron chi connectivity index (χ0n) is 17.0. The quantitative estimate of drug-likeness (QED) is 0.549. The van der Waals surface area contributed by atoms with Crippen LogP contribution in [0.1, 0.15) is 25.8 Å². The number of nitrogens with zero attached hydrogens (tertiary/aromatic N) is 1. The summed E-state index contributed by atoms with van der Waals surface area (Å²) in [6.07, 6.45) is 0.924. The van der Waals surface area contributed by atoms with E-state index in [2.05, 4.69) is 17.1 Å². The van der Waals surface area contributed by atoms with Crippen LogP contribution in [-0.4, -0.2) is 39.5 Å². The van der Waals surface area contributed by atoms with E-state index in [0.717, 1.165) is 54.7 Å². The van der Waals surface area contributed by atoms with Crippen LogP contribution in [0.3, 0.4) is 0 Å². The molecule has 0 unspecified atom stereocenters. The topological polar surface area (TPSA) is 43.0 Å². The molecule has 1 fully saturated rings.